The van der Waals surface area contributed by atoms with Gasteiger partial charge in [0, 0.05) is 5.69 Å². The maximum atomic E-state index is 13.0. The van der Waals surface area contributed by atoms with Crippen LogP contribution in [-0.4, -0.2) is 37.8 Å². The molecular weight excluding hydrogens is 394 g/mol. The van der Waals surface area contributed by atoms with E-state index in [9.17, 15) is 14.1 Å². The zero-order chi connectivity index (χ0) is 20.2. The average molecular weight is 417 g/mol. The number of aromatic nitrogens is 2. The standard InChI is InChI=1S/C19H23N5O4S/c20-29(27,16-8-21-24-9-13(25)10-28-18(16)24)23-19(26)22-17-14-5-1-3-11(14)7-12-4-2-6-15(12)17/h7-8,13,25H,1-6,9-10H2,(H3,20,22,23,26,27)/t13-,29+/m0/s1. The molecule has 10 heteroatoms. The zero-order valence-electron chi connectivity index (χ0n) is 15.9. The van der Waals surface area contributed by atoms with E-state index in [-0.39, 0.29) is 23.9 Å². The fourth-order valence-corrected chi connectivity index (χ4v) is 5.53. The molecule has 3 aliphatic rings. The van der Waals surface area contributed by atoms with Crippen molar-refractivity contribution >= 4 is 21.6 Å². The lowest BCUT2D eigenvalue weighted by molar-refractivity contribution is 0.0538. The van der Waals surface area contributed by atoms with Crippen LogP contribution >= 0.6 is 0 Å². The highest BCUT2D eigenvalue weighted by atomic mass is 32.2. The molecule has 0 saturated carbocycles. The SMILES string of the molecule is N[S@@](=O)(=NC(=O)Nc1c2c(cc3c1CCC3)CCC2)c1cnn2c1OC[C@@H](O)C2. The van der Waals surface area contributed by atoms with Crippen molar-refractivity contribution in [1.29, 1.82) is 0 Å². The fourth-order valence-electron chi connectivity index (χ4n) is 4.53. The molecule has 0 fully saturated rings. The van der Waals surface area contributed by atoms with Gasteiger partial charge < -0.3 is 15.2 Å². The summed E-state index contributed by atoms with van der Waals surface area (Å²) in [6.45, 7) is 0.252. The Morgan fingerprint density at radius 3 is 2.66 bits per heavy atom. The Balaban J connectivity index is 1.47. The third-order valence-electron chi connectivity index (χ3n) is 5.79. The molecule has 0 spiro atoms. The number of carbonyl (C=O) groups is 1. The van der Waals surface area contributed by atoms with Gasteiger partial charge in [-0.1, -0.05) is 6.07 Å². The molecule has 2 atom stereocenters. The van der Waals surface area contributed by atoms with Gasteiger partial charge in [0.25, 0.3) is 0 Å². The summed E-state index contributed by atoms with van der Waals surface area (Å²) in [4.78, 5) is 12.8. The first-order valence-electron chi connectivity index (χ1n) is 9.81. The number of anilines is 1. The summed E-state index contributed by atoms with van der Waals surface area (Å²) < 4.78 is 23.6. The highest BCUT2D eigenvalue weighted by Gasteiger charge is 2.28. The minimum absolute atomic E-state index is 0.0443. The number of urea groups is 1. The first kappa shape index (κ1) is 18.6. The van der Waals surface area contributed by atoms with Gasteiger partial charge in [-0.3, -0.25) is 0 Å². The van der Waals surface area contributed by atoms with E-state index < -0.39 is 22.1 Å². The summed E-state index contributed by atoms with van der Waals surface area (Å²) in [7, 11) is -3.55. The molecule has 2 amide bonds. The molecule has 9 nitrogen and oxygen atoms in total. The predicted molar refractivity (Wildman–Crippen MR) is 106 cm³/mol. The maximum absolute atomic E-state index is 13.0. The van der Waals surface area contributed by atoms with Crippen LogP contribution < -0.4 is 15.2 Å². The van der Waals surface area contributed by atoms with Crippen LogP contribution in [-0.2, 0) is 42.1 Å². The van der Waals surface area contributed by atoms with E-state index in [0.717, 1.165) is 55.3 Å². The van der Waals surface area contributed by atoms with Gasteiger partial charge in [0.2, 0.25) is 5.88 Å². The monoisotopic (exact) mass is 417 g/mol. The van der Waals surface area contributed by atoms with Gasteiger partial charge in [0.15, 0.2) is 9.92 Å². The molecule has 2 heterocycles. The first-order valence-corrected chi connectivity index (χ1v) is 11.4. The second kappa shape index (κ2) is 6.82. The predicted octanol–water partition coefficient (Wildman–Crippen LogP) is 1.55. The minimum Gasteiger partial charge on any atom is -0.474 e. The summed E-state index contributed by atoms with van der Waals surface area (Å²) in [6, 6.07) is 1.54. The number of benzene rings is 1. The average Bonchev–Trinajstić information content (AvgIpc) is 3.39. The van der Waals surface area contributed by atoms with Crippen LogP contribution in [0.5, 0.6) is 5.88 Å². The summed E-state index contributed by atoms with van der Waals surface area (Å²) >= 11 is 0. The van der Waals surface area contributed by atoms with Crippen LogP contribution in [0.2, 0.25) is 0 Å². The lowest BCUT2D eigenvalue weighted by atomic mass is 9.99. The lowest BCUT2D eigenvalue weighted by Gasteiger charge is -2.20. The van der Waals surface area contributed by atoms with Crippen molar-refractivity contribution in [3.05, 3.63) is 34.5 Å². The van der Waals surface area contributed by atoms with Gasteiger partial charge >= 0.3 is 6.03 Å². The van der Waals surface area contributed by atoms with E-state index in [1.165, 1.54) is 22.0 Å². The number of aryl methyl sites for hydroxylation is 2. The normalized spacial score (nSPS) is 21.5. The van der Waals surface area contributed by atoms with Crippen LogP contribution in [0.1, 0.15) is 35.1 Å². The number of nitrogens with two attached hydrogens (primary N) is 1. The summed E-state index contributed by atoms with van der Waals surface area (Å²) in [5.74, 6) is 0.181. The van der Waals surface area contributed by atoms with Crippen LogP contribution in [0.25, 0.3) is 0 Å². The molecule has 1 aliphatic heterocycles. The smallest absolute Gasteiger partial charge is 0.354 e. The number of carbonyl (C=O) groups excluding carboxylic acids is 1. The molecule has 29 heavy (non-hydrogen) atoms. The summed E-state index contributed by atoms with van der Waals surface area (Å²) in [5.41, 5.74) is 5.72. The van der Waals surface area contributed by atoms with Crippen molar-refractivity contribution < 1.29 is 18.8 Å². The van der Waals surface area contributed by atoms with Crippen molar-refractivity contribution in [3.63, 3.8) is 0 Å². The molecule has 4 N–H and O–H groups in total. The largest absolute Gasteiger partial charge is 0.474 e. The van der Waals surface area contributed by atoms with Crippen LogP contribution in [0.3, 0.4) is 0 Å². The quantitative estimate of drug-likeness (QED) is 0.682. The molecular formula is C19H23N5O4S. The molecule has 2 aliphatic carbocycles. The van der Waals surface area contributed by atoms with Gasteiger partial charge in [-0.25, -0.2) is 18.8 Å². The second-order valence-corrected chi connectivity index (χ2v) is 9.54. The first-order chi connectivity index (χ1) is 13.9. The van der Waals surface area contributed by atoms with E-state index in [0.29, 0.717) is 0 Å². The van der Waals surface area contributed by atoms with E-state index >= 15 is 0 Å². The lowest BCUT2D eigenvalue weighted by Crippen LogP contribution is -2.30. The number of rotatable bonds is 2. The number of aliphatic hydroxyl groups excluding tert-OH is 1. The second-order valence-electron chi connectivity index (χ2n) is 7.79. The summed E-state index contributed by atoms with van der Waals surface area (Å²) in [5, 5.41) is 22.5. The Kier molecular flexibility index (Phi) is 4.37. The molecule has 5 rings (SSSR count). The molecule has 0 bridgehead atoms. The number of ether oxygens (including phenoxy) is 1. The van der Waals surface area contributed by atoms with Crippen molar-refractivity contribution in [2.24, 2.45) is 9.50 Å². The number of nitrogens with zero attached hydrogens (tertiary/aromatic N) is 3. The zero-order valence-corrected chi connectivity index (χ0v) is 16.7. The van der Waals surface area contributed by atoms with E-state index in [1.807, 2.05) is 0 Å². The fraction of sp³-hybridized carbons (Fsp3) is 0.474. The molecule has 1 aromatic carbocycles. The molecule has 2 aromatic rings. The Morgan fingerprint density at radius 1 is 1.28 bits per heavy atom. The van der Waals surface area contributed by atoms with Crippen molar-refractivity contribution in [2.75, 3.05) is 11.9 Å². The highest BCUT2D eigenvalue weighted by molar-refractivity contribution is 7.91. The van der Waals surface area contributed by atoms with E-state index in [1.54, 1.807) is 0 Å². The molecule has 154 valence electrons. The van der Waals surface area contributed by atoms with Gasteiger partial charge in [-0.05, 0) is 60.8 Å². The van der Waals surface area contributed by atoms with E-state index in [2.05, 4.69) is 20.8 Å². The van der Waals surface area contributed by atoms with Crippen LogP contribution in [0.4, 0.5) is 10.5 Å². The molecule has 0 unspecified atom stereocenters. The number of hydrogen-bond acceptors (Lipinski definition) is 5. The number of hydrogen-bond donors (Lipinski definition) is 3. The molecule has 1 aromatic heterocycles. The third-order valence-corrected chi connectivity index (χ3v) is 7.14. The number of fused-ring (bicyclic) bond motifs is 3. The van der Waals surface area contributed by atoms with Crippen molar-refractivity contribution in [2.45, 2.75) is 56.1 Å². The Hall–Kier alpha value is -2.43. The van der Waals surface area contributed by atoms with Crippen LogP contribution in [0, 0.1) is 0 Å². The van der Waals surface area contributed by atoms with Gasteiger partial charge in [0.05, 0.1) is 12.7 Å². The number of aliphatic hydroxyl groups is 1. The van der Waals surface area contributed by atoms with Gasteiger partial charge in [-0.2, -0.15) is 5.10 Å². The summed E-state index contributed by atoms with van der Waals surface area (Å²) in [6.07, 6.45) is 6.59. The molecule has 0 radical (unpaired) electrons. The Bertz CT molecular complexity index is 1100. The topological polar surface area (TPSA) is 132 Å². The van der Waals surface area contributed by atoms with Gasteiger partial charge in [0.1, 0.15) is 17.6 Å². The Labute approximate surface area is 168 Å². The minimum atomic E-state index is -3.55. The van der Waals surface area contributed by atoms with Crippen molar-refractivity contribution in [1.82, 2.24) is 9.78 Å². The highest BCUT2D eigenvalue weighted by Crippen LogP contribution is 2.38. The van der Waals surface area contributed by atoms with Gasteiger partial charge in [-0.15, -0.1) is 4.36 Å². The number of nitrogens with one attached hydrogen (secondary N) is 1. The van der Waals surface area contributed by atoms with Crippen molar-refractivity contribution in [3.8, 4) is 5.88 Å². The molecule has 0 saturated heterocycles. The number of amides is 2. The maximum Gasteiger partial charge on any atom is 0.354 e. The Morgan fingerprint density at radius 2 is 1.97 bits per heavy atom. The van der Waals surface area contributed by atoms with E-state index in [4.69, 9.17) is 9.88 Å². The third kappa shape index (κ3) is 3.21. The van der Waals surface area contributed by atoms with Crippen LogP contribution in [0.15, 0.2) is 21.5 Å².